The number of hydrogen-bond acceptors (Lipinski definition) is 14. The smallest absolute Gasteiger partial charge is 0.332 e. The van der Waals surface area contributed by atoms with Crippen molar-refractivity contribution < 1.29 is 66.4 Å². The zero-order valence-electron chi connectivity index (χ0n) is 27.8. The van der Waals surface area contributed by atoms with Crippen LogP contribution in [0.2, 0.25) is 0 Å². The second-order valence-electron chi connectivity index (χ2n) is 10.1. The van der Waals surface area contributed by atoms with Gasteiger partial charge in [-0.25, -0.2) is 4.79 Å². The highest BCUT2D eigenvalue weighted by Crippen LogP contribution is 2.06. The first kappa shape index (κ1) is 44.3. The first-order valence-corrected chi connectivity index (χ1v) is 16.2. The summed E-state index contributed by atoms with van der Waals surface area (Å²) >= 11 is 5.51. The van der Waals surface area contributed by atoms with E-state index in [0.717, 1.165) is 0 Å². The van der Waals surface area contributed by atoms with Crippen molar-refractivity contribution in [1.82, 2.24) is 0 Å². The summed E-state index contributed by atoms with van der Waals surface area (Å²) in [6, 6.07) is 0. The van der Waals surface area contributed by atoms with E-state index < -0.39 is 5.60 Å². The summed E-state index contributed by atoms with van der Waals surface area (Å²) in [7, 11) is 0. The Balaban J connectivity index is 3.09. The standard InChI is InChI=1S/C30H59ClO14/c1-30(2,3)45-29(32)28-44-27-26-43-25-24-42-23-22-41-21-20-40-19-18-39-17-16-38-15-14-37-13-12-36-11-10-35-9-8-34-7-6-33-5-4-31/h4-28H2,1-3H3. The minimum atomic E-state index is -0.511. The van der Waals surface area contributed by atoms with E-state index in [1.54, 1.807) is 0 Å². The van der Waals surface area contributed by atoms with Gasteiger partial charge in [-0.15, -0.1) is 11.6 Å². The number of hydrogen-bond donors (Lipinski definition) is 0. The number of halogens is 1. The summed E-state index contributed by atoms with van der Waals surface area (Å²) in [5.41, 5.74) is -0.511. The van der Waals surface area contributed by atoms with Crippen LogP contribution in [0, 0.1) is 0 Å². The van der Waals surface area contributed by atoms with Gasteiger partial charge in [0.05, 0.1) is 152 Å². The van der Waals surface area contributed by atoms with Gasteiger partial charge < -0.3 is 61.6 Å². The predicted molar refractivity (Wildman–Crippen MR) is 166 cm³/mol. The average Bonchev–Trinajstić information content (AvgIpc) is 3.00. The maximum absolute atomic E-state index is 11.5. The van der Waals surface area contributed by atoms with Crippen molar-refractivity contribution in [2.45, 2.75) is 26.4 Å². The van der Waals surface area contributed by atoms with Crippen LogP contribution in [-0.4, -0.2) is 176 Å². The summed E-state index contributed by atoms with van der Waals surface area (Å²) in [4.78, 5) is 11.5. The van der Waals surface area contributed by atoms with Crippen molar-refractivity contribution in [2.24, 2.45) is 0 Å². The third-order valence-electron chi connectivity index (χ3n) is 4.95. The molecule has 0 unspecified atom stereocenters. The molecule has 0 radical (unpaired) electrons. The molecule has 0 aromatic carbocycles. The molecule has 0 atom stereocenters. The Labute approximate surface area is 274 Å². The molecule has 0 aliphatic rings. The number of esters is 1. The lowest BCUT2D eigenvalue weighted by atomic mass is 10.2. The van der Waals surface area contributed by atoms with Gasteiger partial charge in [-0.3, -0.25) is 0 Å². The highest BCUT2D eigenvalue weighted by Gasteiger charge is 2.15. The number of rotatable bonds is 37. The van der Waals surface area contributed by atoms with Gasteiger partial charge in [0.25, 0.3) is 0 Å². The third-order valence-corrected chi connectivity index (χ3v) is 5.11. The SMILES string of the molecule is CC(C)(C)OC(=O)COCCOCCOCCOCCOCCOCCOCCOCCOCCOCCOCCOCCCl. The van der Waals surface area contributed by atoms with Crippen molar-refractivity contribution >= 4 is 17.6 Å². The summed E-state index contributed by atoms with van der Waals surface area (Å²) in [6.07, 6.45) is 0. The molecule has 45 heavy (non-hydrogen) atoms. The molecule has 0 aliphatic heterocycles. The van der Waals surface area contributed by atoms with E-state index in [1.807, 2.05) is 20.8 Å². The summed E-state index contributed by atoms with van der Waals surface area (Å²) in [6.45, 7) is 16.6. The fourth-order valence-electron chi connectivity index (χ4n) is 3.00. The number of carbonyl (C=O) groups excluding carboxylic acids is 1. The van der Waals surface area contributed by atoms with Crippen molar-refractivity contribution in [3.63, 3.8) is 0 Å². The molecule has 0 amide bonds. The quantitative estimate of drug-likeness (QED) is 0.0536. The Morgan fingerprint density at radius 1 is 0.378 bits per heavy atom. The molecule has 15 heteroatoms. The van der Waals surface area contributed by atoms with Gasteiger partial charge in [-0.1, -0.05) is 0 Å². The minimum absolute atomic E-state index is 0.0838. The lowest BCUT2D eigenvalue weighted by Crippen LogP contribution is -2.27. The Morgan fingerprint density at radius 2 is 0.578 bits per heavy atom. The third kappa shape index (κ3) is 41.3. The lowest BCUT2D eigenvalue weighted by molar-refractivity contribution is -0.160. The maximum atomic E-state index is 11.5. The Kier molecular flexibility index (Phi) is 35.5. The van der Waals surface area contributed by atoms with Crippen LogP contribution in [0.3, 0.4) is 0 Å². The van der Waals surface area contributed by atoms with Gasteiger partial charge in [0.1, 0.15) is 12.2 Å². The fraction of sp³-hybridized carbons (Fsp3) is 0.967. The van der Waals surface area contributed by atoms with Gasteiger partial charge in [-0.2, -0.15) is 0 Å². The normalized spacial score (nSPS) is 11.8. The van der Waals surface area contributed by atoms with E-state index >= 15 is 0 Å². The van der Waals surface area contributed by atoms with Crippen molar-refractivity contribution in [2.75, 3.05) is 164 Å². The zero-order chi connectivity index (χ0) is 32.9. The summed E-state index contributed by atoms with van der Waals surface area (Å²) in [5.74, 6) is 0.106. The lowest BCUT2D eigenvalue weighted by Gasteiger charge is -2.19. The van der Waals surface area contributed by atoms with E-state index in [9.17, 15) is 4.79 Å². The first-order valence-electron chi connectivity index (χ1n) is 15.7. The van der Waals surface area contributed by atoms with Gasteiger partial charge in [0, 0.05) is 5.88 Å². The Hall–Kier alpha value is -0.720. The molecule has 0 heterocycles. The van der Waals surface area contributed by atoms with Gasteiger partial charge >= 0.3 is 5.97 Å². The molecule has 0 rings (SSSR count). The molecule has 0 bridgehead atoms. The van der Waals surface area contributed by atoms with Crippen LogP contribution in [0.4, 0.5) is 0 Å². The van der Waals surface area contributed by atoms with E-state index in [0.29, 0.717) is 158 Å². The number of carbonyl (C=O) groups is 1. The molecule has 0 saturated heterocycles. The van der Waals surface area contributed by atoms with Crippen molar-refractivity contribution in [3.05, 3.63) is 0 Å². The summed E-state index contributed by atoms with van der Waals surface area (Å²) in [5, 5.41) is 0. The molecule has 270 valence electrons. The van der Waals surface area contributed by atoms with E-state index in [-0.39, 0.29) is 12.6 Å². The highest BCUT2D eigenvalue weighted by molar-refractivity contribution is 6.17. The van der Waals surface area contributed by atoms with Crippen LogP contribution in [0.1, 0.15) is 20.8 Å². The van der Waals surface area contributed by atoms with Crippen molar-refractivity contribution in [1.29, 1.82) is 0 Å². The van der Waals surface area contributed by atoms with Gasteiger partial charge in [0.15, 0.2) is 0 Å². The van der Waals surface area contributed by atoms with Crippen LogP contribution < -0.4 is 0 Å². The predicted octanol–water partition coefficient (Wildman–Crippen LogP) is 1.77. The molecule has 0 N–H and O–H groups in total. The van der Waals surface area contributed by atoms with Crippen LogP contribution in [0.25, 0.3) is 0 Å². The van der Waals surface area contributed by atoms with Crippen molar-refractivity contribution in [3.8, 4) is 0 Å². The fourth-order valence-corrected chi connectivity index (χ4v) is 3.11. The highest BCUT2D eigenvalue weighted by atomic mass is 35.5. The average molecular weight is 679 g/mol. The molecule has 14 nitrogen and oxygen atoms in total. The Morgan fingerprint density at radius 3 is 0.778 bits per heavy atom. The van der Waals surface area contributed by atoms with Gasteiger partial charge in [0.2, 0.25) is 0 Å². The molecular weight excluding hydrogens is 620 g/mol. The molecule has 0 saturated carbocycles. The van der Waals surface area contributed by atoms with Crippen LogP contribution in [-0.2, 0) is 66.4 Å². The van der Waals surface area contributed by atoms with Crippen LogP contribution in [0.5, 0.6) is 0 Å². The monoisotopic (exact) mass is 678 g/mol. The second-order valence-corrected chi connectivity index (χ2v) is 10.4. The molecule has 0 aliphatic carbocycles. The van der Waals surface area contributed by atoms with Crippen LogP contribution >= 0.6 is 11.6 Å². The van der Waals surface area contributed by atoms with E-state index in [4.69, 9.17) is 73.2 Å². The minimum Gasteiger partial charge on any atom is -0.458 e. The second kappa shape index (κ2) is 36.1. The van der Waals surface area contributed by atoms with E-state index in [2.05, 4.69) is 0 Å². The molecule has 0 fully saturated rings. The number of alkyl halides is 1. The zero-order valence-corrected chi connectivity index (χ0v) is 28.5. The molecular formula is C30H59ClO14. The largest absolute Gasteiger partial charge is 0.458 e. The molecule has 0 spiro atoms. The van der Waals surface area contributed by atoms with Crippen LogP contribution in [0.15, 0.2) is 0 Å². The molecule has 0 aromatic heterocycles. The summed E-state index contributed by atoms with van der Waals surface area (Å²) < 4.78 is 69.9. The van der Waals surface area contributed by atoms with E-state index in [1.165, 1.54) is 0 Å². The molecule has 0 aromatic rings. The number of ether oxygens (including phenoxy) is 13. The topological polar surface area (TPSA) is 137 Å². The maximum Gasteiger partial charge on any atom is 0.332 e. The van der Waals surface area contributed by atoms with Gasteiger partial charge in [-0.05, 0) is 20.8 Å². The Bertz CT molecular complexity index is 597. The first-order chi connectivity index (χ1) is 22.0.